The van der Waals surface area contributed by atoms with Gasteiger partial charge >= 0.3 is 5.69 Å². The first kappa shape index (κ1) is 22.2. The van der Waals surface area contributed by atoms with Crippen molar-refractivity contribution in [3.05, 3.63) is 51.8 Å². The fourth-order valence-electron chi connectivity index (χ4n) is 2.55. The number of hydrogen-bond donors (Lipinski definition) is 2. The molecule has 29 heavy (non-hydrogen) atoms. The third kappa shape index (κ3) is 7.41. The highest BCUT2D eigenvalue weighted by atomic mass is 16.6. The molecule has 0 amide bonds. The summed E-state index contributed by atoms with van der Waals surface area (Å²) in [5.74, 6) is 1.43. The maximum absolute atomic E-state index is 10.7. The molecule has 0 fully saturated rings. The van der Waals surface area contributed by atoms with Gasteiger partial charge in [-0.3, -0.25) is 19.8 Å². The Morgan fingerprint density at radius 3 is 2.86 bits per heavy atom. The zero-order valence-electron chi connectivity index (χ0n) is 17.1. The minimum absolute atomic E-state index is 0.0243. The fourth-order valence-corrected chi connectivity index (χ4v) is 2.55. The number of nitrogens with one attached hydrogen (secondary N) is 2. The second-order valence-corrected chi connectivity index (χ2v) is 6.23. The zero-order valence-corrected chi connectivity index (χ0v) is 17.1. The van der Waals surface area contributed by atoms with Crippen LogP contribution >= 0.6 is 0 Å². The predicted molar refractivity (Wildman–Crippen MR) is 110 cm³/mol. The monoisotopic (exact) mass is 404 g/mol. The lowest BCUT2D eigenvalue weighted by molar-refractivity contribution is -0.385. The van der Waals surface area contributed by atoms with Crippen LogP contribution < -0.4 is 15.4 Å². The highest BCUT2D eigenvalue weighted by Crippen LogP contribution is 2.20. The Morgan fingerprint density at radius 2 is 2.17 bits per heavy atom. The molecule has 0 saturated heterocycles. The third-order valence-corrected chi connectivity index (χ3v) is 4.05. The van der Waals surface area contributed by atoms with Crippen molar-refractivity contribution in [2.45, 2.75) is 26.9 Å². The van der Waals surface area contributed by atoms with Crippen molar-refractivity contribution in [2.24, 2.45) is 4.99 Å². The lowest BCUT2D eigenvalue weighted by atomic mass is 10.1. The van der Waals surface area contributed by atoms with Crippen molar-refractivity contribution in [1.29, 1.82) is 0 Å². The van der Waals surface area contributed by atoms with Crippen LogP contribution in [0.2, 0.25) is 0 Å². The summed E-state index contributed by atoms with van der Waals surface area (Å²) >= 11 is 0. The van der Waals surface area contributed by atoms with Crippen LogP contribution in [0, 0.1) is 17.0 Å². The van der Waals surface area contributed by atoms with Crippen molar-refractivity contribution in [3.8, 4) is 5.75 Å². The molecule has 158 valence electrons. The minimum Gasteiger partial charge on any atom is -0.491 e. The number of benzene rings is 1. The normalized spacial score (nSPS) is 11.3. The Labute approximate surface area is 170 Å². The number of nitrogens with zero attached hydrogens (tertiary/aromatic N) is 4. The van der Waals surface area contributed by atoms with Gasteiger partial charge in [-0.15, -0.1) is 0 Å². The lowest BCUT2D eigenvalue weighted by Crippen LogP contribution is -2.38. The van der Waals surface area contributed by atoms with Crippen LogP contribution in [0.1, 0.15) is 18.1 Å². The van der Waals surface area contributed by atoms with Gasteiger partial charge in [0.1, 0.15) is 24.8 Å². The van der Waals surface area contributed by atoms with E-state index in [0.717, 1.165) is 16.9 Å². The maximum atomic E-state index is 10.7. The van der Waals surface area contributed by atoms with E-state index in [4.69, 9.17) is 9.47 Å². The molecule has 0 aliphatic heterocycles. The van der Waals surface area contributed by atoms with Gasteiger partial charge in [0.05, 0.1) is 18.1 Å². The number of nitro groups is 1. The molecule has 0 saturated carbocycles. The lowest BCUT2D eigenvalue weighted by Gasteiger charge is -2.15. The van der Waals surface area contributed by atoms with Crippen molar-refractivity contribution in [3.63, 3.8) is 0 Å². The summed E-state index contributed by atoms with van der Waals surface area (Å²) in [6.07, 6.45) is 2.63. The molecule has 0 unspecified atom stereocenters. The summed E-state index contributed by atoms with van der Waals surface area (Å²) in [5.41, 5.74) is 2.11. The second kappa shape index (κ2) is 11.6. The quantitative estimate of drug-likeness (QED) is 0.193. The van der Waals surface area contributed by atoms with E-state index in [-0.39, 0.29) is 5.69 Å². The largest absolute Gasteiger partial charge is 0.491 e. The molecule has 0 radical (unpaired) electrons. The van der Waals surface area contributed by atoms with E-state index in [2.05, 4.69) is 20.7 Å². The molecule has 0 atom stereocenters. The smallest absolute Gasteiger partial charge is 0.306 e. The number of aliphatic imine (C=N–C) groups is 1. The number of hydrogen-bond acceptors (Lipinski definition) is 6. The van der Waals surface area contributed by atoms with Crippen LogP contribution in [0.4, 0.5) is 5.69 Å². The molecule has 0 spiro atoms. The SMILES string of the molecule is CCOCCOc1cc(C)ccc1CNC(=NC)NCCn1cc([N+](=O)[O-])cn1. The van der Waals surface area contributed by atoms with Gasteiger partial charge in [-0.25, -0.2) is 0 Å². The molecule has 0 aliphatic rings. The third-order valence-electron chi connectivity index (χ3n) is 4.05. The molecular formula is C19H28N6O4. The average Bonchev–Trinajstić information content (AvgIpc) is 3.18. The molecule has 0 bridgehead atoms. The van der Waals surface area contributed by atoms with E-state index >= 15 is 0 Å². The summed E-state index contributed by atoms with van der Waals surface area (Å²) in [7, 11) is 1.68. The fraction of sp³-hybridized carbons (Fsp3) is 0.474. The summed E-state index contributed by atoms with van der Waals surface area (Å²) in [6.45, 7) is 7.21. The number of aryl methyl sites for hydroxylation is 1. The van der Waals surface area contributed by atoms with Gasteiger partial charge in [-0.05, 0) is 25.5 Å². The van der Waals surface area contributed by atoms with Gasteiger partial charge < -0.3 is 20.1 Å². The van der Waals surface area contributed by atoms with E-state index in [1.54, 1.807) is 7.05 Å². The Morgan fingerprint density at radius 1 is 1.34 bits per heavy atom. The Kier molecular flexibility index (Phi) is 8.90. The highest BCUT2D eigenvalue weighted by molar-refractivity contribution is 5.79. The minimum atomic E-state index is -0.465. The van der Waals surface area contributed by atoms with Crippen LogP contribution in [0.15, 0.2) is 35.6 Å². The van der Waals surface area contributed by atoms with Crippen LogP contribution in [-0.4, -0.2) is 54.1 Å². The summed E-state index contributed by atoms with van der Waals surface area (Å²) in [5, 5.41) is 21.1. The first-order chi connectivity index (χ1) is 14.0. The molecule has 1 heterocycles. The molecule has 10 nitrogen and oxygen atoms in total. The van der Waals surface area contributed by atoms with Gasteiger partial charge in [0.15, 0.2) is 5.96 Å². The number of aromatic nitrogens is 2. The molecule has 1 aromatic carbocycles. The number of ether oxygens (including phenoxy) is 2. The van der Waals surface area contributed by atoms with Crippen LogP contribution in [0.25, 0.3) is 0 Å². The van der Waals surface area contributed by atoms with Crippen molar-refractivity contribution in [1.82, 2.24) is 20.4 Å². The van der Waals surface area contributed by atoms with Gasteiger partial charge in [-0.2, -0.15) is 5.10 Å². The Hall–Kier alpha value is -3.14. The molecule has 2 aromatic rings. The van der Waals surface area contributed by atoms with E-state index in [1.165, 1.54) is 17.1 Å². The molecule has 0 aliphatic carbocycles. The summed E-state index contributed by atoms with van der Waals surface area (Å²) < 4.78 is 12.7. The average molecular weight is 404 g/mol. The zero-order chi connectivity index (χ0) is 21.1. The van der Waals surface area contributed by atoms with Crippen LogP contribution in [0.5, 0.6) is 5.75 Å². The van der Waals surface area contributed by atoms with E-state index in [1.807, 2.05) is 32.0 Å². The van der Waals surface area contributed by atoms with Gasteiger partial charge in [0.25, 0.3) is 0 Å². The molecule has 2 rings (SSSR count). The number of rotatable bonds is 11. The first-order valence-electron chi connectivity index (χ1n) is 9.45. The van der Waals surface area contributed by atoms with Crippen molar-refractivity contribution in [2.75, 3.05) is 33.4 Å². The van der Waals surface area contributed by atoms with Crippen molar-refractivity contribution >= 4 is 11.6 Å². The van der Waals surface area contributed by atoms with E-state index < -0.39 is 4.92 Å². The molecule has 1 aromatic heterocycles. The topological polar surface area (TPSA) is 116 Å². The van der Waals surface area contributed by atoms with Crippen LogP contribution in [-0.2, 0) is 17.8 Å². The van der Waals surface area contributed by atoms with Gasteiger partial charge in [-0.1, -0.05) is 12.1 Å². The summed E-state index contributed by atoms with van der Waals surface area (Å²) in [4.78, 5) is 14.4. The number of guanidine groups is 1. The molecular weight excluding hydrogens is 376 g/mol. The standard InChI is InChI=1S/C19H28N6O4/c1-4-28-9-10-29-18-11-15(2)5-6-16(18)12-22-19(20-3)21-7-8-24-14-17(13-23-24)25(26)27/h5-6,11,13-14H,4,7-10,12H2,1-3H3,(H2,20,21,22). The Balaban J connectivity index is 1.84. The van der Waals surface area contributed by atoms with Gasteiger partial charge in [0.2, 0.25) is 0 Å². The second-order valence-electron chi connectivity index (χ2n) is 6.23. The Bertz CT molecular complexity index is 821. The van der Waals surface area contributed by atoms with Gasteiger partial charge in [0, 0.05) is 32.3 Å². The highest BCUT2D eigenvalue weighted by Gasteiger charge is 2.09. The van der Waals surface area contributed by atoms with Crippen molar-refractivity contribution < 1.29 is 14.4 Å². The predicted octanol–water partition coefficient (Wildman–Crippen LogP) is 1.88. The maximum Gasteiger partial charge on any atom is 0.306 e. The summed E-state index contributed by atoms with van der Waals surface area (Å²) in [6, 6.07) is 6.06. The molecule has 10 heteroatoms. The molecule has 2 N–H and O–H groups in total. The first-order valence-corrected chi connectivity index (χ1v) is 9.45. The van der Waals surface area contributed by atoms with E-state index in [9.17, 15) is 10.1 Å². The van der Waals surface area contributed by atoms with Crippen LogP contribution in [0.3, 0.4) is 0 Å². The van der Waals surface area contributed by atoms with E-state index in [0.29, 0.717) is 45.4 Å².